The van der Waals surface area contributed by atoms with Crippen LogP contribution in [0.25, 0.3) is 0 Å². The van der Waals surface area contributed by atoms with Gasteiger partial charge in [-0.1, -0.05) is 18.6 Å². The maximum absolute atomic E-state index is 12.6. The summed E-state index contributed by atoms with van der Waals surface area (Å²) in [7, 11) is 3.40. The van der Waals surface area contributed by atoms with Gasteiger partial charge in [-0.25, -0.2) is 0 Å². The molecule has 24 heavy (non-hydrogen) atoms. The Morgan fingerprint density at radius 2 is 1.96 bits per heavy atom. The molecule has 1 aliphatic carbocycles. The standard InChI is InChI=1S/C19H27NO4/c1-22-15-7-3-4-8-16(15)24-13-18(21)20-12-6-11-19(14-20)10-5-9-17(19)23-2/h3-4,7-8,17H,5-6,9-14H2,1-2H3/t17-,19-/m1/s1. The van der Waals surface area contributed by atoms with Crippen LogP contribution in [-0.2, 0) is 9.53 Å². The van der Waals surface area contributed by atoms with E-state index in [1.165, 1.54) is 6.42 Å². The third kappa shape index (κ3) is 3.36. The van der Waals surface area contributed by atoms with Gasteiger partial charge in [-0.05, 0) is 37.8 Å². The van der Waals surface area contributed by atoms with Crippen molar-refractivity contribution >= 4 is 5.91 Å². The zero-order valence-electron chi connectivity index (χ0n) is 14.6. The molecular formula is C19H27NO4. The highest BCUT2D eigenvalue weighted by molar-refractivity contribution is 5.78. The van der Waals surface area contributed by atoms with E-state index in [1.807, 2.05) is 29.2 Å². The Kier molecular flexibility index (Phi) is 5.29. The van der Waals surface area contributed by atoms with Crippen molar-refractivity contribution in [3.05, 3.63) is 24.3 Å². The van der Waals surface area contributed by atoms with Gasteiger partial charge in [0.1, 0.15) is 0 Å². The first-order chi connectivity index (χ1) is 11.7. The fraction of sp³-hybridized carbons (Fsp3) is 0.632. The zero-order chi connectivity index (χ0) is 17.0. The molecule has 0 radical (unpaired) electrons. The van der Waals surface area contributed by atoms with E-state index < -0.39 is 0 Å². The molecule has 2 fully saturated rings. The highest BCUT2D eigenvalue weighted by Gasteiger charge is 2.46. The molecule has 1 spiro atoms. The van der Waals surface area contributed by atoms with Gasteiger partial charge in [0.2, 0.25) is 0 Å². The summed E-state index contributed by atoms with van der Waals surface area (Å²) in [5.41, 5.74) is 0.146. The van der Waals surface area contributed by atoms with E-state index in [0.29, 0.717) is 11.5 Å². The minimum Gasteiger partial charge on any atom is -0.493 e. The summed E-state index contributed by atoms with van der Waals surface area (Å²) in [6, 6.07) is 7.41. The predicted molar refractivity (Wildman–Crippen MR) is 91.4 cm³/mol. The van der Waals surface area contributed by atoms with Crippen molar-refractivity contribution in [1.29, 1.82) is 0 Å². The van der Waals surface area contributed by atoms with Gasteiger partial charge in [-0.2, -0.15) is 0 Å². The first-order valence-corrected chi connectivity index (χ1v) is 8.75. The molecule has 5 heteroatoms. The molecule has 5 nitrogen and oxygen atoms in total. The van der Waals surface area contributed by atoms with Crippen LogP contribution in [0, 0.1) is 5.41 Å². The Balaban J connectivity index is 1.61. The van der Waals surface area contributed by atoms with Gasteiger partial charge < -0.3 is 19.1 Å². The molecular weight excluding hydrogens is 306 g/mol. The minimum atomic E-state index is 0.0433. The lowest BCUT2D eigenvalue weighted by Crippen LogP contribution is -2.50. The number of hydrogen-bond acceptors (Lipinski definition) is 4. The molecule has 1 aromatic rings. The van der Waals surface area contributed by atoms with Crippen molar-refractivity contribution in [2.75, 3.05) is 33.9 Å². The molecule has 0 N–H and O–H groups in total. The normalized spacial score (nSPS) is 26.6. The number of nitrogens with zero attached hydrogens (tertiary/aromatic N) is 1. The second kappa shape index (κ2) is 7.43. The Morgan fingerprint density at radius 1 is 1.21 bits per heavy atom. The molecule has 1 aliphatic heterocycles. The Morgan fingerprint density at radius 3 is 2.71 bits per heavy atom. The maximum atomic E-state index is 12.6. The molecule has 1 saturated carbocycles. The molecule has 132 valence electrons. The lowest BCUT2D eigenvalue weighted by Gasteiger charge is -2.43. The van der Waals surface area contributed by atoms with Crippen LogP contribution >= 0.6 is 0 Å². The van der Waals surface area contributed by atoms with Crippen molar-refractivity contribution in [3.8, 4) is 11.5 Å². The first kappa shape index (κ1) is 17.1. The van der Waals surface area contributed by atoms with Crippen molar-refractivity contribution in [3.63, 3.8) is 0 Å². The van der Waals surface area contributed by atoms with E-state index in [1.54, 1.807) is 14.2 Å². The Hall–Kier alpha value is -1.75. The number of carbonyl (C=O) groups is 1. The molecule has 1 amide bonds. The van der Waals surface area contributed by atoms with E-state index in [4.69, 9.17) is 14.2 Å². The second-order valence-electron chi connectivity index (χ2n) is 6.84. The van der Waals surface area contributed by atoms with Crippen molar-refractivity contribution in [1.82, 2.24) is 4.90 Å². The van der Waals surface area contributed by atoms with Crippen molar-refractivity contribution in [2.24, 2.45) is 5.41 Å². The lowest BCUT2D eigenvalue weighted by atomic mass is 9.76. The average Bonchev–Trinajstić information content (AvgIpc) is 3.01. The topological polar surface area (TPSA) is 48.0 Å². The van der Waals surface area contributed by atoms with E-state index in [9.17, 15) is 4.79 Å². The van der Waals surface area contributed by atoms with Gasteiger partial charge >= 0.3 is 0 Å². The number of rotatable bonds is 5. The number of methoxy groups -OCH3 is 2. The fourth-order valence-corrected chi connectivity index (χ4v) is 4.28. The van der Waals surface area contributed by atoms with E-state index in [0.717, 1.165) is 38.8 Å². The SMILES string of the molecule is COc1ccccc1OCC(=O)N1CCC[C@]2(CCC[C@H]2OC)C1. The summed E-state index contributed by atoms with van der Waals surface area (Å²) < 4.78 is 16.7. The van der Waals surface area contributed by atoms with Crippen LogP contribution in [0.2, 0.25) is 0 Å². The van der Waals surface area contributed by atoms with Crippen LogP contribution in [0.5, 0.6) is 11.5 Å². The zero-order valence-corrected chi connectivity index (χ0v) is 14.6. The monoisotopic (exact) mass is 333 g/mol. The smallest absolute Gasteiger partial charge is 0.260 e. The lowest BCUT2D eigenvalue weighted by molar-refractivity contribution is -0.139. The highest BCUT2D eigenvalue weighted by atomic mass is 16.5. The number of para-hydroxylation sites is 2. The number of benzene rings is 1. The van der Waals surface area contributed by atoms with Gasteiger partial charge in [0.15, 0.2) is 18.1 Å². The van der Waals surface area contributed by atoms with E-state index in [-0.39, 0.29) is 24.0 Å². The molecule has 0 bridgehead atoms. The third-order valence-corrected chi connectivity index (χ3v) is 5.49. The highest BCUT2D eigenvalue weighted by Crippen LogP contribution is 2.46. The van der Waals surface area contributed by atoms with Crippen LogP contribution in [0.15, 0.2) is 24.3 Å². The molecule has 1 heterocycles. The van der Waals surface area contributed by atoms with Crippen LogP contribution in [0.4, 0.5) is 0 Å². The summed E-state index contributed by atoms with van der Waals surface area (Å²) in [5, 5.41) is 0. The Labute approximate surface area is 143 Å². The molecule has 1 saturated heterocycles. The fourth-order valence-electron chi connectivity index (χ4n) is 4.28. The summed E-state index contributed by atoms with van der Waals surface area (Å²) in [4.78, 5) is 14.6. The number of carbonyl (C=O) groups excluding carboxylic acids is 1. The quantitative estimate of drug-likeness (QED) is 0.831. The second-order valence-corrected chi connectivity index (χ2v) is 6.84. The molecule has 1 aromatic carbocycles. The summed E-state index contributed by atoms with van der Waals surface area (Å²) in [6.07, 6.45) is 5.93. The van der Waals surface area contributed by atoms with Crippen LogP contribution < -0.4 is 9.47 Å². The molecule has 3 rings (SSSR count). The number of amides is 1. The van der Waals surface area contributed by atoms with Gasteiger partial charge in [-0.3, -0.25) is 4.79 Å². The van der Waals surface area contributed by atoms with Crippen LogP contribution in [0.1, 0.15) is 32.1 Å². The maximum Gasteiger partial charge on any atom is 0.260 e. The summed E-state index contributed by atoms with van der Waals surface area (Å²) in [6.45, 7) is 1.65. The van der Waals surface area contributed by atoms with E-state index in [2.05, 4.69) is 0 Å². The van der Waals surface area contributed by atoms with Gasteiger partial charge in [0, 0.05) is 25.6 Å². The molecule has 2 atom stereocenters. The number of likely N-dealkylation sites (tertiary alicyclic amines) is 1. The molecule has 0 aromatic heterocycles. The summed E-state index contributed by atoms with van der Waals surface area (Å²) in [5.74, 6) is 1.30. The summed E-state index contributed by atoms with van der Waals surface area (Å²) >= 11 is 0. The largest absolute Gasteiger partial charge is 0.493 e. The van der Waals surface area contributed by atoms with Gasteiger partial charge in [0.25, 0.3) is 5.91 Å². The third-order valence-electron chi connectivity index (χ3n) is 5.49. The molecule has 0 unspecified atom stereocenters. The number of piperidine rings is 1. The minimum absolute atomic E-state index is 0.0433. The first-order valence-electron chi connectivity index (χ1n) is 8.75. The van der Waals surface area contributed by atoms with E-state index >= 15 is 0 Å². The van der Waals surface area contributed by atoms with Crippen LogP contribution in [0.3, 0.4) is 0 Å². The van der Waals surface area contributed by atoms with Crippen LogP contribution in [-0.4, -0.2) is 50.8 Å². The van der Waals surface area contributed by atoms with Crippen molar-refractivity contribution < 1.29 is 19.0 Å². The number of ether oxygens (including phenoxy) is 3. The van der Waals surface area contributed by atoms with Crippen molar-refractivity contribution in [2.45, 2.75) is 38.2 Å². The van der Waals surface area contributed by atoms with Gasteiger partial charge in [0.05, 0.1) is 13.2 Å². The predicted octanol–water partition coefficient (Wildman–Crippen LogP) is 2.88. The average molecular weight is 333 g/mol. The Bertz CT molecular complexity index is 576. The molecule has 2 aliphatic rings. The van der Waals surface area contributed by atoms with Gasteiger partial charge in [-0.15, -0.1) is 0 Å². The number of hydrogen-bond donors (Lipinski definition) is 0.